The second kappa shape index (κ2) is 3.22. The Bertz CT molecular complexity index is 291. The van der Waals surface area contributed by atoms with Crippen LogP contribution in [0.3, 0.4) is 0 Å². The van der Waals surface area contributed by atoms with Crippen LogP contribution >= 0.6 is 12.6 Å². The molecular formula is C10H14N2S. The molecule has 0 saturated heterocycles. The van der Waals surface area contributed by atoms with E-state index in [1.165, 1.54) is 5.70 Å². The van der Waals surface area contributed by atoms with Crippen LogP contribution in [0.2, 0.25) is 0 Å². The summed E-state index contributed by atoms with van der Waals surface area (Å²) in [5.41, 5.74) is 1.28. The van der Waals surface area contributed by atoms with Crippen LogP contribution < -0.4 is 0 Å². The molecule has 3 atom stereocenters. The number of hydrogen-bond acceptors (Lipinski definition) is 3. The van der Waals surface area contributed by atoms with Gasteiger partial charge in [-0.15, -0.1) is 0 Å². The summed E-state index contributed by atoms with van der Waals surface area (Å²) in [6, 6.07) is 0.717. The van der Waals surface area contributed by atoms with E-state index in [0.29, 0.717) is 17.3 Å². The van der Waals surface area contributed by atoms with E-state index in [1.807, 2.05) is 12.3 Å². The highest BCUT2D eigenvalue weighted by Gasteiger charge is 2.31. The van der Waals surface area contributed by atoms with Gasteiger partial charge >= 0.3 is 0 Å². The van der Waals surface area contributed by atoms with E-state index in [0.717, 1.165) is 0 Å². The van der Waals surface area contributed by atoms with Gasteiger partial charge in [-0.2, -0.15) is 12.6 Å². The molecule has 13 heavy (non-hydrogen) atoms. The average Bonchev–Trinajstić information content (AvgIpc) is 2.45. The Kier molecular flexibility index (Phi) is 2.20. The van der Waals surface area contributed by atoms with Crippen molar-refractivity contribution in [2.24, 2.45) is 4.99 Å². The van der Waals surface area contributed by atoms with E-state index in [2.05, 4.69) is 48.6 Å². The molecule has 2 aliphatic rings. The first-order valence-electron chi connectivity index (χ1n) is 4.52. The maximum Gasteiger partial charge on any atom is 0.0938 e. The van der Waals surface area contributed by atoms with E-state index >= 15 is 0 Å². The van der Waals surface area contributed by atoms with Gasteiger partial charge in [-0.25, -0.2) is 0 Å². The minimum absolute atomic E-state index is 0.291. The van der Waals surface area contributed by atoms with Crippen molar-refractivity contribution in [3.8, 4) is 0 Å². The number of fused-ring (bicyclic) bond motifs is 1. The first-order chi connectivity index (χ1) is 6.20. The molecule has 0 radical (unpaired) electrons. The van der Waals surface area contributed by atoms with Gasteiger partial charge in [-0.05, 0) is 19.1 Å². The summed E-state index contributed by atoms with van der Waals surface area (Å²) in [5, 5.41) is 0.291. The Morgan fingerprint density at radius 3 is 3.00 bits per heavy atom. The molecule has 0 aliphatic carbocycles. The first-order valence-corrected chi connectivity index (χ1v) is 5.04. The van der Waals surface area contributed by atoms with Crippen molar-refractivity contribution in [3.63, 3.8) is 0 Å². The van der Waals surface area contributed by atoms with Gasteiger partial charge in [-0.3, -0.25) is 4.99 Å². The minimum Gasteiger partial charge on any atom is -0.368 e. The van der Waals surface area contributed by atoms with Crippen molar-refractivity contribution in [3.05, 3.63) is 23.9 Å². The maximum absolute atomic E-state index is 4.45. The lowest BCUT2D eigenvalue weighted by molar-refractivity contribution is 0.361. The van der Waals surface area contributed by atoms with Crippen LogP contribution in [0.5, 0.6) is 0 Å². The minimum atomic E-state index is 0.291. The molecular weight excluding hydrogens is 180 g/mol. The van der Waals surface area contributed by atoms with Crippen LogP contribution in [-0.2, 0) is 0 Å². The van der Waals surface area contributed by atoms with Crippen molar-refractivity contribution >= 4 is 18.8 Å². The molecule has 2 rings (SSSR count). The van der Waals surface area contributed by atoms with Crippen molar-refractivity contribution in [1.29, 1.82) is 0 Å². The molecule has 2 nitrogen and oxygen atoms in total. The molecule has 0 aromatic rings. The first kappa shape index (κ1) is 8.88. The summed E-state index contributed by atoms with van der Waals surface area (Å²) >= 11 is 4.45. The summed E-state index contributed by atoms with van der Waals surface area (Å²) < 4.78 is 0. The Labute approximate surface area is 84.4 Å². The van der Waals surface area contributed by atoms with Gasteiger partial charge in [0.2, 0.25) is 0 Å². The molecule has 0 bridgehead atoms. The van der Waals surface area contributed by atoms with Crippen molar-refractivity contribution in [2.45, 2.75) is 24.3 Å². The number of hydrogen-bond donors (Lipinski definition) is 1. The lowest BCUT2D eigenvalue weighted by Crippen LogP contribution is -2.33. The third kappa shape index (κ3) is 1.41. The summed E-state index contributed by atoms with van der Waals surface area (Å²) in [5.74, 6) is 0. The van der Waals surface area contributed by atoms with Crippen molar-refractivity contribution < 1.29 is 0 Å². The summed E-state index contributed by atoms with van der Waals surface area (Å²) in [4.78, 5) is 6.67. The number of likely N-dealkylation sites (N-methyl/N-ethyl adjacent to an activating group) is 1. The quantitative estimate of drug-likeness (QED) is 0.626. The monoisotopic (exact) mass is 194 g/mol. The second-order valence-electron chi connectivity index (χ2n) is 3.54. The molecule has 0 amide bonds. The molecule has 0 saturated carbocycles. The predicted molar refractivity (Wildman–Crippen MR) is 59.5 cm³/mol. The van der Waals surface area contributed by atoms with Crippen LogP contribution in [0.15, 0.2) is 28.9 Å². The highest BCUT2D eigenvalue weighted by Crippen LogP contribution is 2.28. The van der Waals surface area contributed by atoms with Gasteiger partial charge in [-0.1, -0.05) is 6.08 Å². The zero-order valence-electron chi connectivity index (χ0n) is 7.88. The topological polar surface area (TPSA) is 15.6 Å². The van der Waals surface area contributed by atoms with E-state index < -0.39 is 0 Å². The maximum atomic E-state index is 4.45. The number of thiol groups is 1. The fraction of sp³-hybridized carbons (Fsp3) is 0.500. The Morgan fingerprint density at radius 1 is 1.62 bits per heavy atom. The third-order valence-electron chi connectivity index (χ3n) is 2.63. The number of aliphatic imine (C=N–C) groups is 1. The van der Waals surface area contributed by atoms with E-state index in [9.17, 15) is 0 Å². The van der Waals surface area contributed by atoms with E-state index in [4.69, 9.17) is 0 Å². The fourth-order valence-electron chi connectivity index (χ4n) is 1.91. The normalized spacial score (nSPS) is 33.2. The van der Waals surface area contributed by atoms with Gasteiger partial charge in [0, 0.05) is 24.2 Å². The molecule has 2 heterocycles. The molecule has 0 N–H and O–H groups in total. The van der Waals surface area contributed by atoms with Crippen LogP contribution in [0, 0.1) is 0 Å². The molecule has 3 unspecified atom stereocenters. The predicted octanol–water partition coefficient (Wildman–Crippen LogP) is 1.51. The summed E-state index contributed by atoms with van der Waals surface area (Å²) in [6.45, 7) is 2.09. The Hall–Kier alpha value is -0.700. The Balaban J connectivity index is 2.26. The smallest absolute Gasteiger partial charge is 0.0938 e. The van der Waals surface area contributed by atoms with Gasteiger partial charge in [0.1, 0.15) is 0 Å². The Morgan fingerprint density at radius 2 is 2.38 bits per heavy atom. The standard InChI is InChI=1S/C10H14N2S/c1-7(13)10-6-8-9(12(10)2)4-3-5-11-8/h3-9,13H,1-2H3. The number of rotatable bonds is 1. The molecule has 0 fully saturated rings. The van der Waals surface area contributed by atoms with Crippen LogP contribution in [0.1, 0.15) is 6.92 Å². The third-order valence-corrected chi connectivity index (χ3v) is 2.89. The highest BCUT2D eigenvalue weighted by atomic mass is 32.1. The molecule has 0 aromatic carbocycles. The molecule has 3 heteroatoms. The lowest BCUT2D eigenvalue weighted by atomic mass is 10.1. The zero-order chi connectivity index (χ0) is 9.42. The zero-order valence-corrected chi connectivity index (χ0v) is 8.78. The number of allylic oxidation sites excluding steroid dienone is 1. The van der Waals surface area contributed by atoms with E-state index in [-0.39, 0.29) is 0 Å². The molecule has 70 valence electrons. The summed E-state index contributed by atoms with van der Waals surface area (Å²) in [7, 11) is 2.11. The molecule has 0 aromatic heterocycles. The van der Waals surface area contributed by atoms with Crippen LogP contribution in [0.4, 0.5) is 0 Å². The SMILES string of the molecule is CC(S)C1=CC2N=CC=CC2N1C. The van der Waals surface area contributed by atoms with Crippen LogP contribution in [-0.4, -0.2) is 35.5 Å². The van der Waals surface area contributed by atoms with E-state index in [1.54, 1.807) is 0 Å². The summed E-state index contributed by atoms with van der Waals surface area (Å²) in [6.07, 6.45) is 8.29. The number of nitrogens with zero attached hydrogens (tertiary/aromatic N) is 2. The number of dihydropyridines is 1. The molecule has 0 spiro atoms. The largest absolute Gasteiger partial charge is 0.368 e. The van der Waals surface area contributed by atoms with Crippen LogP contribution in [0.25, 0.3) is 0 Å². The van der Waals surface area contributed by atoms with Gasteiger partial charge in [0.05, 0.1) is 12.1 Å². The van der Waals surface area contributed by atoms with Crippen molar-refractivity contribution in [1.82, 2.24) is 4.90 Å². The van der Waals surface area contributed by atoms with Gasteiger partial charge in [0.25, 0.3) is 0 Å². The van der Waals surface area contributed by atoms with Crippen molar-refractivity contribution in [2.75, 3.05) is 7.05 Å². The highest BCUT2D eigenvalue weighted by molar-refractivity contribution is 7.81. The second-order valence-corrected chi connectivity index (χ2v) is 4.32. The fourth-order valence-corrected chi connectivity index (χ4v) is 2.18. The van der Waals surface area contributed by atoms with Gasteiger partial charge < -0.3 is 4.90 Å². The lowest BCUT2D eigenvalue weighted by Gasteiger charge is -2.27. The molecule has 2 aliphatic heterocycles. The average molecular weight is 194 g/mol. The van der Waals surface area contributed by atoms with Gasteiger partial charge in [0.15, 0.2) is 0 Å².